The van der Waals surface area contributed by atoms with Gasteiger partial charge in [-0.05, 0) is 254 Å². The molecule has 4 aliphatic rings. The molecule has 2 unspecified atom stereocenters. The van der Waals surface area contributed by atoms with Gasteiger partial charge in [-0.3, -0.25) is 43.6 Å². The first-order valence-corrected chi connectivity index (χ1v) is 41.3. The van der Waals surface area contributed by atoms with Gasteiger partial charge in [0.25, 0.3) is 0 Å². The van der Waals surface area contributed by atoms with Crippen molar-refractivity contribution < 1.29 is 42.9 Å². The number of hydrogen-bond donors (Lipinski definition) is 0. The van der Waals surface area contributed by atoms with Crippen LogP contribution in [0.15, 0.2) is 194 Å². The quantitative estimate of drug-likeness (QED) is 0.0427. The van der Waals surface area contributed by atoms with Crippen molar-refractivity contribution in [3.63, 3.8) is 0 Å². The second-order valence-corrected chi connectivity index (χ2v) is 31.6. The van der Waals surface area contributed by atoms with Crippen LogP contribution in [0.3, 0.4) is 0 Å². The second-order valence-electron chi connectivity index (χ2n) is 31.6. The van der Waals surface area contributed by atoms with E-state index >= 15 is 0 Å². The van der Waals surface area contributed by atoms with Gasteiger partial charge in [0.05, 0.1) is 75.0 Å². The molecule has 2 atom stereocenters. The van der Waals surface area contributed by atoms with Gasteiger partial charge < -0.3 is 43.1 Å². The number of morpholine rings is 4. The average Bonchev–Trinajstić information content (AvgIpc) is 1.59. The number of aryl methyl sites for hydroxylation is 1. The largest absolute Gasteiger partial charge is 0.379 e. The van der Waals surface area contributed by atoms with E-state index in [1.54, 1.807) is 0 Å². The van der Waals surface area contributed by atoms with E-state index in [9.17, 15) is 24.0 Å². The second kappa shape index (κ2) is 40.4. The summed E-state index contributed by atoms with van der Waals surface area (Å²) in [5.41, 5.74) is 11.2. The number of benzene rings is 8. The van der Waals surface area contributed by atoms with Crippen molar-refractivity contribution >= 4 is 73.5 Å². The monoisotopic (exact) mass is 1550 g/mol. The first kappa shape index (κ1) is 87.2. The Kier molecular flexibility index (Phi) is 30.9. The molecule has 5 heterocycles. The van der Waals surface area contributed by atoms with E-state index in [1.807, 2.05) is 209 Å². The molecule has 18 nitrogen and oxygen atoms in total. The summed E-state index contributed by atoms with van der Waals surface area (Å²) in [5, 5.41) is 1.99. The number of aromatic nitrogens is 1. The molecule has 0 N–H and O–H groups in total. The first-order valence-electron chi connectivity index (χ1n) is 41.3. The number of ketones is 5. The highest BCUT2D eigenvalue weighted by molar-refractivity contribution is 6.15. The number of Topliss-reactive ketones (excluding diaryl/α,β-unsaturated/α-hetero) is 4. The Morgan fingerprint density at radius 2 is 0.640 bits per heavy atom. The molecule has 0 aliphatic carbocycles. The minimum Gasteiger partial charge on any atom is -0.379 e. The van der Waals surface area contributed by atoms with E-state index in [2.05, 4.69) is 134 Å². The Morgan fingerprint density at radius 3 is 0.930 bits per heavy atom. The molecule has 114 heavy (non-hydrogen) atoms. The molecule has 0 amide bonds. The minimum absolute atomic E-state index is 0.0761. The number of hydrogen-bond acceptors (Lipinski definition) is 17. The van der Waals surface area contributed by atoms with Crippen LogP contribution in [-0.4, -0.2) is 235 Å². The maximum Gasteiger partial charge on any atom is 0.193 e. The number of ether oxygens (including phenoxy) is 4. The maximum atomic E-state index is 13.7. The van der Waals surface area contributed by atoms with Crippen LogP contribution in [0, 0.1) is 0 Å². The molecule has 4 fully saturated rings. The number of carbonyl (C=O) groups excluding carboxylic acids is 5. The lowest BCUT2D eigenvalue weighted by molar-refractivity contribution is -0.00442. The van der Waals surface area contributed by atoms with E-state index < -0.39 is 22.2 Å². The summed E-state index contributed by atoms with van der Waals surface area (Å²) in [5.74, 6) is 0.653. The van der Waals surface area contributed by atoms with Gasteiger partial charge in [0.1, 0.15) is 0 Å². The number of rotatable bonds is 28. The average molecular weight is 1550 g/mol. The fourth-order valence-corrected chi connectivity index (χ4v) is 16.5. The van der Waals surface area contributed by atoms with E-state index in [0.717, 1.165) is 185 Å². The third-order valence-corrected chi connectivity index (χ3v) is 24.2. The van der Waals surface area contributed by atoms with E-state index in [-0.39, 0.29) is 28.9 Å². The number of likely N-dealkylation sites (N-methyl/N-ethyl adjacent to an activating group) is 2. The number of nitrogens with zero attached hydrogens (tertiary/aromatic N) is 9. The summed E-state index contributed by atoms with van der Waals surface area (Å²) in [7, 11) is 10.1. The molecular weight excluding hydrogens is 1420 g/mol. The van der Waals surface area contributed by atoms with Gasteiger partial charge in [0.2, 0.25) is 0 Å². The van der Waals surface area contributed by atoms with Crippen LogP contribution in [0.2, 0.25) is 0 Å². The third-order valence-electron chi connectivity index (χ3n) is 24.2. The summed E-state index contributed by atoms with van der Waals surface area (Å²) >= 11 is 0. The highest BCUT2D eigenvalue weighted by Crippen LogP contribution is 2.36. The van der Waals surface area contributed by atoms with E-state index in [1.165, 1.54) is 11.1 Å². The van der Waals surface area contributed by atoms with Crippen molar-refractivity contribution in [1.29, 1.82) is 0 Å². The van der Waals surface area contributed by atoms with Crippen molar-refractivity contribution in [1.82, 2.24) is 24.2 Å². The predicted molar refractivity (Wildman–Crippen MR) is 467 cm³/mol. The van der Waals surface area contributed by atoms with Gasteiger partial charge in [0, 0.05) is 164 Å². The Balaban J connectivity index is 0.000000163. The third kappa shape index (κ3) is 20.3. The minimum atomic E-state index is -0.620. The number of fused-ring (bicyclic) bond motifs is 3. The van der Waals surface area contributed by atoms with Crippen LogP contribution < -0.4 is 19.6 Å². The summed E-state index contributed by atoms with van der Waals surface area (Å²) in [6, 6.07) is 64.5. The van der Waals surface area contributed by atoms with Gasteiger partial charge >= 0.3 is 0 Å². The molecule has 1 aromatic heterocycles. The highest BCUT2D eigenvalue weighted by atomic mass is 16.5. The molecule has 18 heteroatoms. The fourth-order valence-electron chi connectivity index (χ4n) is 16.5. The zero-order valence-corrected chi connectivity index (χ0v) is 70.6. The molecule has 13 rings (SSSR count). The van der Waals surface area contributed by atoms with E-state index in [0.29, 0.717) is 50.4 Å². The van der Waals surface area contributed by atoms with Crippen LogP contribution in [-0.2, 0) is 38.8 Å². The molecule has 4 aliphatic heterocycles. The Bertz CT molecular complexity index is 4280. The predicted octanol–water partition coefficient (Wildman–Crippen LogP) is 15.8. The van der Waals surface area contributed by atoms with E-state index in [4.69, 9.17) is 18.9 Å². The van der Waals surface area contributed by atoms with Gasteiger partial charge in [-0.25, -0.2) is 0 Å². The molecule has 608 valence electrons. The van der Waals surface area contributed by atoms with Gasteiger partial charge in [-0.2, -0.15) is 0 Å². The smallest absolute Gasteiger partial charge is 0.193 e. The lowest BCUT2D eigenvalue weighted by atomic mass is 9.80. The van der Waals surface area contributed by atoms with Crippen LogP contribution in [0.5, 0.6) is 0 Å². The Morgan fingerprint density at radius 1 is 0.351 bits per heavy atom. The fraction of sp³-hybridized carbons (Fsp3) is 0.448. The van der Waals surface area contributed by atoms with Crippen LogP contribution in [0.25, 0.3) is 21.8 Å². The lowest BCUT2D eigenvalue weighted by Crippen LogP contribution is -2.54. The Hall–Kier alpha value is -9.21. The van der Waals surface area contributed by atoms with Crippen LogP contribution >= 0.6 is 0 Å². The zero-order valence-electron chi connectivity index (χ0n) is 70.6. The van der Waals surface area contributed by atoms with Gasteiger partial charge in [-0.1, -0.05) is 74.5 Å². The van der Waals surface area contributed by atoms with Crippen molar-refractivity contribution in [2.24, 2.45) is 7.05 Å². The summed E-state index contributed by atoms with van der Waals surface area (Å²) < 4.78 is 24.0. The van der Waals surface area contributed by atoms with Crippen molar-refractivity contribution in [3.05, 3.63) is 239 Å². The first-order chi connectivity index (χ1) is 54.9. The molecule has 8 aromatic carbocycles. The van der Waals surface area contributed by atoms with Crippen LogP contribution in [0.1, 0.15) is 151 Å². The van der Waals surface area contributed by atoms with Crippen LogP contribution in [0.4, 0.5) is 22.7 Å². The number of anilines is 4. The van der Waals surface area contributed by atoms with Gasteiger partial charge in [-0.15, -0.1) is 0 Å². The molecule has 0 radical (unpaired) electrons. The molecule has 0 bridgehead atoms. The molecule has 9 aromatic rings. The van der Waals surface area contributed by atoms with Crippen molar-refractivity contribution in [3.8, 4) is 0 Å². The van der Waals surface area contributed by atoms with Crippen molar-refractivity contribution in [2.75, 3.05) is 179 Å². The topological polar surface area (TPSA) is 153 Å². The summed E-state index contributed by atoms with van der Waals surface area (Å²) in [6.45, 7) is 36.9. The molecule has 0 saturated carbocycles. The SMILES string of the molecule is CCC(Cc1ccccc1)(C(=O)c1ccc(N2CCOCC2)cc1)N(C)C.CCC(Cc1ccccc1)(C(=O)c1ccc(N2CCOCC2)cc1)N(C)C.CCN(CC)c1ccc(C(=O)c2ccc(N(CC)CC)cc2)cc1.Cn1c2ccc(C(=O)C(C)(C)N3CCOCC3)cc2c2cc(C(=O)C(C)(C)N3CCOCC3)ccc21. The normalized spacial score (nSPS) is 16.1. The Labute approximate surface area is 678 Å². The standard InChI is InChI=1S/C29H37N3O4.2C23H30N2O2.C21H28N2O/c1-28(2,31-10-14-35-15-11-31)26(33)20-6-8-24-22(18-20)23-19-21(7-9-25(23)30(24)5)27(34)29(3,4)32-12-16-36-17-13-32;2*1-4-23(24(2)3,18-19-8-6-5-7-9-19)22(26)20-10-12-21(13-11-20)25-14-16-27-17-15-25;1-5-22(6-2)19-13-9-17(10-14-19)21(24)18-11-15-20(16-12-18)23(7-3)8-4/h6-9,18-19H,10-17H2,1-5H3;2*5-13H,4,14-18H2,1-3H3;9-16H,5-8H2,1-4H3. The van der Waals surface area contributed by atoms with Gasteiger partial charge in [0.15, 0.2) is 28.9 Å². The number of carbonyl (C=O) groups is 5. The molecule has 0 spiro atoms. The summed E-state index contributed by atoms with van der Waals surface area (Å²) in [4.78, 5) is 84.8. The molecular formula is C96H125N9O9. The molecule has 4 saturated heterocycles. The lowest BCUT2D eigenvalue weighted by Gasteiger charge is -2.39. The highest BCUT2D eigenvalue weighted by Gasteiger charge is 2.42. The summed E-state index contributed by atoms with van der Waals surface area (Å²) in [6.07, 6.45) is 2.95. The zero-order chi connectivity index (χ0) is 81.7. The maximum absolute atomic E-state index is 13.7. The van der Waals surface area contributed by atoms with Crippen molar-refractivity contribution in [2.45, 2.75) is 117 Å².